The molecule has 0 aliphatic rings. The number of phenols is 2. The van der Waals surface area contributed by atoms with Gasteiger partial charge in [-0.15, -0.1) is 0 Å². The third kappa shape index (κ3) is 3.41. The summed E-state index contributed by atoms with van der Waals surface area (Å²) in [6, 6.07) is 4.63. The van der Waals surface area contributed by atoms with E-state index in [1.54, 1.807) is 23.9 Å². The molecule has 0 unspecified atom stereocenters. The Morgan fingerprint density at radius 1 is 1.32 bits per heavy atom. The summed E-state index contributed by atoms with van der Waals surface area (Å²) < 4.78 is 5.10. The fourth-order valence-corrected chi connectivity index (χ4v) is 2.40. The zero-order valence-electron chi connectivity index (χ0n) is 10.8. The van der Waals surface area contributed by atoms with Gasteiger partial charge in [-0.3, -0.25) is 0 Å². The van der Waals surface area contributed by atoms with Crippen molar-refractivity contribution in [3.63, 3.8) is 0 Å². The smallest absolute Gasteiger partial charge is 0.261 e. The maximum absolute atomic E-state index is 9.73. The van der Waals surface area contributed by atoms with E-state index in [1.807, 2.05) is 0 Å². The minimum atomic E-state index is -0.243. The van der Waals surface area contributed by atoms with E-state index in [2.05, 4.69) is 24.0 Å². The second kappa shape index (κ2) is 5.97. The van der Waals surface area contributed by atoms with Crippen LogP contribution in [0.1, 0.15) is 19.7 Å². The first kappa shape index (κ1) is 13.7. The summed E-state index contributed by atoms with van der Waals surface area (Å²) in [7, 11) is 0. The van der Waals surface area contributed by atoms with E-state index in [9.17, 15) is 10.2 Å². The highest BCUT2D eigenvalue weighted by atomic mass is 32.2. The Balaban J connectivity index is 2.10. The highest BCUT2D eigenvalue weighted by molar-refractivity contribution is 7.98. The average Bonchev–Trinajstić information content (AvgIpc) is 2.81. The van der Waals surface area contributed by atoms with Crippen LogP contribution < -0.4 is 0 Å². The zero-order valence-corrected chi connectivity index (χ0v) is 11.6. The van der Waals surface area contributed by atoms with Gasteiger partial charge in [0.05, 0.1) is 11.3 Å². The van der Waals surface area contributed by atoms with Crippen LogP contribution in [0.15, 0.2) is 22.7 Å². The van der Waals surface area contributed by atoms with Crippen LogP contribution in [-0.2, 0) is 5.75 Å². The first-order valence-corrected chi connectivity index (χ1v) is 7.15. The SMILES string of the molecule is CC(C)CSCc1noc(-c2cccc(O)c2O)n1. The quantitative estimate of drug-likeness (QED) is 0.819. The minimum absolute atomic E-state index is 0.202. The number of aromatic hydroxyl groups is 2. The molecule has 0 aliphatic heterocycles. The molecule has 0 aliphatic carbocycles. The lowest BCUT2D eigenvalue weighted by atomic mass is 10.2. The van der Waals surface area contributed by atoms with E-state index in [-0.39, 0.29) is 17.4 Å². The molecule has 0 radical (unpaired) electrons. The Morgan fingerprint density at radius 3 is 2.84 bits per heavy atom. The van der Waals surface area contributed by atoms with E-state index in [1.165, 1.54) is 6.07 Å². The van der Waals surface area contributed by atoms with Crippen LogP contribution in [0, 0.1) is 5.92 Å². The van der Waals surface area contributed by atoms with Crippen LogP contribution in [0.25, 0.3) is 11.5 Å². The molecular formula is C13H16N2O3S. The molecule has 6 heteroatoms. The second-order valence-electron chi connectivity index (χ2n) is 4.60. The predicted octanol–water partition coefficient (Wildman–Crippen LogP) is 3.04. The Bertz CT molecular complexity index is 555. The minimum Gasteiger partial charge on any atom is -0.504 e. The van der Waals surface area contributed by atoms with Crippen molar-refractivity contribution in [3.8, 4) is 23.0 Å². The number of phenolic OH excluding ortho intramolecular Hbond substituents is 2. The number of hydrogen-bond acceptors (Lipinski definition) is 6. The summed E-state index contributed by atoms with van der Waals surface area (Å²) in [6.45, 7) is 4.30. The molecule has 1 heterocycles. The van der Waals surface area contributed by atoms with Crippen molar-refractivity contribution in [2.24, 2.45) is 5.92 Å². The molecule has 2 N–H and O–H groups in total. The van der Waals surface area contributed by atoms with E-state index >= 15 is 0 Å². The molecule has 0 saturated carbocycles. The molecule has 1 aromatic carbocycles. The van der Waals surface area contributed by atoms with Crippen LogP contribution in [-0.4, -0.2) is 26.1 Å². The number of nitrogens with zero attached hydrogens (tertiary/aromatic N) is 2. The lowest BCUT2D eigenvalue weighted by Gasteiger charge is -2.01. The Hall–Kier alpha value is -1.69. The molecular weight excluding hydrogens is 264 g/mol. The van der Waals surface area contributed by atoms with Gasteiger partial charge in [0.1, 0.15) is 0 Å². The monoisotopic (exact) mass is 280 g/mol. The van der Waals surface area contributed by atoms with Gasteiger partial charge in [0.15, 0.2) is 17.3 Å². The van der Waals surface area contributed by atoms with Crippen molar-refractivity contribution in [1.29, 1.82) is 0 Å². The largest absolute Gasteiger partial charge is 0.504 e. The van der Waals surface area contributed by atoms with E-state index in [0.717, 1.165) is 5.75 Å². The topological polar surface area (TPSA) is 79.4 Å². The average molecular weight is 280 g/mol. The number of hydrogen-bond donors (Lipinski definition) is 2. The first-order chi connectivity index (χ1) is 9.08. The van der Waals surface area contributed by atoms with E-state index in [4.69, 9.17) is 4.52 Å². The summed E-state index contributed by atoms with van der Waals surface area (Å²) >= 11 is 1.73. The molecule has 2 aromatic rings. The van der Waals surface area contributed by atoms with Gasteiger partial charge in [-0.1, -0.05) is 25.1 Å². The van der Waals surface area contributed by atoms with Gasteiger partial charge >= 0.3 is 0 Å². The van der Waals surface area contributed by atoms with Crippen LogP contribution in [0.2, 0.25) is 0 Å². The lowest BCUT2D eigenvalue weighted by Crippen LogP contribution is -1.92. The molecule has 19 heavy (non-hydrogen) atoms. The predicted molar refractivity (Wildman–Crippen MR) is 74.1 cm³/mol. The molecule has 102 valence electrons. The van der Waals surface area contributed by atoms with Crippen molar-refractivity contribution in [1.82, 2.24) is 10.1 Å². The Labute approximate surface area is 115 Å². The van der Waals surface area contributed by atoms with Gasteiger partial charge < -0.3 is 14.7 Å². The van der Waals surface area contributed by atoms with Crippen LogP contribution in [0.4, 0.5) is 0 Å². The van der Waals surface area contributed by atoms with Crippen LogP contribution in [0.3, 0.4) is 0 Å². The number of thioether (sulfide) groups is 1. The van der Waals surface area contributed by atoms with Gasteiger partial charge in [0.2, 0.25) is 0 Å². The van der Waals surface area contributed by atoms with Crippen molar-refractivity contribution in [2.45, 2.75) is 19.6 Å². The summed E-state index contributed by atoms with van der Waals surface area (Å²) in [5.74, 6) is 2.67. The highest BCUT2D eigenvalue weighted by Gasteiger charge is 2.15. The maximum Gasteiger partial charge on any atom is 0.261 e. The standard InChI is InChI=1S/C13H16N2O3S/c1-8(2)6-19-7-11-14-13(18-15-11)9-4-3-5-10(16)12(9)17/h3-5,8,16-17H,6-7H2,1-2H3. The highest BCUT2D eigenvalue weighted by Crippen LogP contribution is 2.35. The van der Waals surface area contributed by atoms with Crippen molar-refractivity contribution in [3.05, 3.63) is 24.0 Å². The van der Waals surface area contributed by atoms with Gasteiger partial charge in [-0.25, -0.2) is 0 Å². The Kier molecular flexibility index (Phi) is 4.31. The molecule has 0 spiro atoms. The molecule has 0 atom stereocenters. The number of benzene rings is 1. The maximum atomic E-state index is 9.73. The first-order valence-electron chi connectivity index (χ1n) is 5.99. The third-order valence-corrected chi connectivity index (χ3v) is 3.76. The van der Waals surface area contributed by atoms with Gasteiger partial charge in [-0.05, 0) is 23.8 Å². The molecule has 0 amide bonds. The van der Waals surface area contributed by atoms with Gasteiger partial charge in [0, 0.05) is 0 Å². The van der Waals surface area contributed by atoms with Crippen LogP contribution >= 0.6 is 11.8 Å². The zero-order chi connectivity index (χ0) is 13.8. The van der Waals surface area contributed by atoms with Crippen molar-refractivity contribution < 1.29 is 14.7 Å². The molecule has 0 fully saturated rings. The van der Waals surface area contributed by atoms with Crippen LogP contribution in [0.5, 0.6) is 11.5 Å². The molecule has 1 aromatic heterocycles. The molecule has 0 bridgehead atoms. The number of aromatic nitrogens is 2. The summed E-state index contributed by atoms with van der Waals surface area (Å²) in [5, 5.41) is 23.0. The van der Waals surface area contributed by atoms with Crippen molar-refractivity contribution >= 4 is 11.8 Å². The second-order valence-corrected chi connectivity index (χ2v) is 5.63. The van der Waals surface area contributed by atoms with Crippen molar-refractivity contribution in [2.75, 3.05) is 5.75 Å². The van der Waals surface area contributed by atoms with Gasteiger partial charge in [0.25, 0.3) is 5.89 Å². The Morgan fingerprint density at radius 2 is 2.11 bits per heavy atom. The fraction of sp³-hybridized carbons (Fsp3) is 0.385. The summed E-state index contributed by atoms with van der Waals surface area (Å²) in [4.78, 5) is 4.21. The van der Waals surface area contributed by atoms with E-state index in [0.29, 0.717) is 23.1 Å². The molecule has 2 rings (SSSR count). The number of para-hydroxylation sites is 1. The molecule has 0 saturated heterocycles. The lowest BCUT2D eigenvalue weighted by molar-refractivity contribution is 0.396. The fourth-order valence-electron chi connectivity index (χ4n) is 1.51. The van der Waals surface area contributed by atoms with Gasteiger partial charge in [-0.2, -0.15) is 16.7 Å². The molecule has 5 nitrogen and oxygen atoms in total. The normalized spacial score (nSPS) is 11.1. The third-order valence-electron chi connectivity index (χ3n) is 2.40. The number of rotatable bonds is 5. The van der Waals surface area contributed by atoms with E-state index < -0.39 is 0 Å². The summed E-state index contributed by atoms with van der Waals surface area (Å²) in [6.07, 6.45) is 0. The summed E-state index contributed by atoms with van der Waals surface area (Å²) in [5.41, 5.74) is 0.340.